The zero-order valence-electron chi connectivity index (χ0n) is 13.8. The van der Waals surface area contributed by atoms with Gasteiger partial charge in [-0.15, -0.1) is 0 Å². The van der Waals surface area contributed by atoms with Crippen LogP contribution in [-0.4, -0.2) is 21.6 Å². The number of benzene rings is 1. The van der Waals surface area contributed by atoms with Crippen LogP contribution in [-0.2, 0) is 11.0 Å². The summed E-state index contributed by atoms with van der Waals surface area (Å²) in [7, 11) is 0. The lowest BCUT2D eigenvalue weighted by Crippen LogP contribution is -2.16. The number of aromatic nitrogens is 2. The Hall–Kier alpha value is -2.95. The first-order valence-electron chi connectivity index (χ1n) is 7.60. The van der Waals surface area contributed by atoms with E-state index < -0.39 is 35.2 Å². The van der Waals surface area contributed by atoms with Crippen LogP contribution in [0.5, 0.6) is 0 Å². The van der Waals surface area contributed by atoms with Crippen LogP contribution in [0, 0.1) is 11.6 Å². The summed E-state index contributed by atoms with van der Waals surface area (Å²) in [6.07, 6.45) is -3.44. The van der Waals surface area contributed by atoms with E-state index in [0.717, 1.165) is 18.2 Å². The number of nitrogens with zero attached hydrogens (tertiary/aromatic N) is 2. The molecule has 0 fully saturated rings. The number of carbonyl (C=O) groups is 1. The Kier molecular flexibility index (Phi) is 5.63. The summed E-state index contributed by atoms with van der Waals surface area (Å²) in [5.41, 5.74) is -1.55. The topological polar surface area (TPSA) is 68.0 Å². The number of halogens is 5. The Balaban J connectivity index is 1.76. The van der Waals surface area contributed by atoms with Gasteiger partial charge in [0.25, 0.3) is 0 Å². The Bertz CT molecular complexity index is 993. The molecule has 3 aromatic rings. The van der Waals surface area contributed by atoms with Gasteiger partial charge in [0, 0.05) is 6.07 Å². The minimum Gasteiger partial charge on any atom is -0.463 e. The summed E-state index contributed by atoms with van der Waals surface area (Å²) in [6.45, 7) is 0. The third kappa shape index (κ3) is 4.85. The van der Waals surface area contributed by atoms with Gasteiger partial charge >= 0.3 is 6.18 Å². The van der Waals surface area contributed by atoms with Crippen molar-refractivity contribution in [1.29, 1.82) is 0 Å². The standard InChI is InChI=1S/C17H10F5N3O2S/c18-9-3-4-11(10(19)6-9)23-15(26)8-28-16-24-12(13-2-1-5-27-13)7-14(25-16)17(20,21)22/h1-7H,8H2,(H,23,26). The van der Waals surface area contributed by atoms with Crippen molar-refractivity contribution in [2.24, 2.45) is 0 Å². The molecule has 0 radical (unpaired) electrons. The van der Waals surface area contributed by atoms with Crippen LogP contribution in [0.25, 0.3) is 11.5 Å². The van der Waals surface area contributed by atoms with E-state index in [4.69, 9.17) is 4.42 Å². The predicted molar refractivity (Wildman–Crippen MR) is 90.4 cm³/mol. The molecule has 11 heteroatoms. The molecular weight excluding hydrogens is 405 g/mol. The Morgan fingerprint density at radius 2 is 1.93 bits per heavy atom. The van der Waals surface area contributed by atoms with Crippen molar-refractivity contribution in [2.45, 2.75) is 11.3 Å². The van der Waals surface area contributed by atoms with Crippen LogP contribution in [0.2, 0.25) is 0 Å². The van der Waals surface area contributed by atoms with E-state index in [9.17, 15) is 26.7 Å². The second-order valence-corrected chi connectivity index (χ2v) is 6.30. The average molecular weight is 415 g/mol. The lowest BCUT2D eigenvalue weighted by Gasteiger charge is -2.10. The largest absolute Gasteiger partial charge is 0.463 e. The molecule has 0 bridgehead atoms. The van der Waals surface area contributed by atoms with Crippen molar-refractivity contribution < 1.29 is 31.2 Å². The first kappa shape index (κ1) is 19.8. The zero-order valence-corrected chi connectivity index (χ0v) is 14.6. The molecule has 3 rings (SSSR count). The molecule has 146 valence electrons. The van der Waals surface area contributed by atoms with E-state index in [0.29, 0.717) is 17.8 Å². The van der Waals surface area contributed by atoms with Gasteiger partial charge < -0.3 is 9.73 Å². The molecule has 0 atom stereocenters. The fourth-order valence-corrected chi connectivity index (χ4v) is 2.75. The van der Waals surface area contributed by atoms with E-state index >= 15 is 0 Å². The molecule has 2 aromatic heterocycles. The van der Waals surface area contributed by atoms with Gasteiger partial charge in [-0.25, -0.2) is 18.7 Å². The van der Waals surface area contributed by atoms with Gasteiger partial charge in [-0.05, 0) is 30.3 Å². The molecule has 0 saturated carbocycles. The maximum atomic E-state index is 13.5. The second kappa shape index (κ2) is 7.97. The summed E-state index contributed by atoms with van der Waals surface area (Å²) in [4.78, 5) is 19.3. The summed E-state index contributed by atoms with van der Waals surface area (Å²) in [5.74, 6) is -2.81. The summed E-state index contributed by atoms with van der Waals surface area (Å²) < 4.78 is 70.7. The Morgan fingerprint density at radius 1 is 1.14 bits per heavy atom. The van der Waals surface area contributed by atoms with Gasteiger partial charge in [0.05, 0.1) is 17.7 Å². The highest BCUT2D eigenvalue weighted by Gasteiger charge is 2.34. The van der Waals surface area contributed by atoms with Gasteiger partial charge in [0.1, 0.15) is 23.0 Å². The molecule has 1 N–H and O–H groups in total. The quantitative estimate of drug-likeness (QED) is 0.370. The highest BCUT2D eigenvalue weighted by atomic mass is 32.2. The maximum absolute atomic E-state index is 13.5. The smallest absolute Gasteiger partial charge is 0.433 e. The van der Waals surface area contributed by atoms with E-state index in [1.54, 1.807) is 0 Å². The Morgan fingerprint density at radius 3 is 2.57 bits per heavy atom. The van der Waals surface area contributed by atoms with Gasteiger partial charge in [0.2, 0.25) is 5.91 Å². The van der Waals surface area contributed by atoms with Crippen LogP contribution in [0.4, 0.5) is 27.6 Å². The average Bonchev–Trinajstić information content (AvgIpc) is 3.16. The SMILES string of the molecule is O=C(CSc1nc(-c2ccco2)cc(C(F)(F)F)n1)Nc1ccc(F)cc1F. The van der Waals surface area contributed by atoms with Crippen molar-refractivity contribution >= 4 is 23.4 Å². The van der Waals surface area contributed by atoms with Crippen LogP contribution in [0.15, 0.2) is 52.2 Å². The van der Waals surface area contributed by atoms with Gasteiger partial charge in [-0.1, -0.05) is 11.8 Å². The van der Waals surface area contributed by atoms with Crippen molar-refractivity contribution in [1.82, 2.24) is 9.97 Å². The normalized spacial score (nSPS) is 11.5. The van der Waals surface area contributed by atoms with Gasteiger partial charge in [-0.3, -0.25) is 4.79 Å². The van der Waals surface area contributed by atoms with Crippen molar-refractivity contribution in [3.05, 3.63) is 60.0 Å². The summed E-state index contributed by atoms with van der Waals surface area (Å²) in [6, 6.07) is 6.23. The number of hydrogen-bond donors (Lipinski definition) is 1. The molecule has 0 aliphatic heterocycles. The molecule has 5 nitrogen and oxygen atoms in total. The summed E-state index contributed by atoms with van der Waals surface area (Å²) >= 11 is 0.626. The molecule has 28 heavy (non-hydrogen) atoms. The predicted octanol–water partition coefficient (Wildman–Crippen LogP) is 4.76. The van der Waals surface area contributed by atoms with E-state index in [-0.39, 0.29) is 22.3 Å². The molecule has 0 aliphatic rings. The van der Waals surface area contributed by atoms with Crippen LogP contribution < -0.4 is 5.32 Å². The van der Waals surface area contributed by atoms with Crippen molar-refractivity contribution in [2.75, 3.05) is 11.1 Å². The van der Waals surface area contributed by atoms with E-state index in [2.05, 4.69) is 15.3 Å². The molecule has 0 saturated heterocycles. The lowest BCUT2D eigenvalue weighted by molar-refractivity contribution is -0.141. The van der Waals surface area contributed by atoms with Crippen molar-refractivity contribution in [3.8, 4) is 11.5 Å². The number of thioether (sulfide) groups is 1. The fourth-order valence-electron chi connectivity index (χ4n) is 2.09. The third-order valence-corrected chi connectivity index (χ3v) is 4.15. The molecule has 0 aliphatic carbocycles. The van der Waals surface area contributed by atoms with Crippen LogP contribution in [0.1, 0.15) is 5.69 Å². The highest BCUT2D eigenvalue weighted by Crippen LogP contribution is 2.32. The lowest BCUT2D eigenvalue weighted by atomic mass is 10.2. The van der Waals surface area contributed by atoms with Gasteiger partial charge in [-0.2, -0.15) is 13.2 Å². The van der Waals surface area contributed by atoms with Crippen molar-refractivity contribution in [3.63, 3.8) is 0 Å². The molecule has 1 amide bonds. The highest BCUT2D eigenvalue weighted by molar-refractivity contribution is 7.99. The molecular formula is C17H10F5N3O2S. The number of alkyl halides is 3. The zero-order chi connectivity index (χ0) is 20.3. The van der Waals surface area contributed by atoms with Crippen LogP contribution >= 0.6 is 11.8 Å². The number of furan rings is 1. The number of anilines is 1. The number of carbonyl (C=O) groups excluding carboxylic acids is 1. The summed E-state index contributed by atoms with van der Waals surface area (Å²) in [5, 5.41) is 1.89. The first-order chi connectivity index (χ1) is 13.2. The second-order valence-electron chi connectivity index (χ2n) is 5.36. The minimum absolute atomic E-state index is 0.0974. The first-order valence-corrected chi connectivity index (χ1v) is 8.59. The van der Waals surface area contributed by atoms with E-state index in [1.807, 2.05) is 0 Å². The molecule has 0 spiro atoms. The number of amides is 1. The van der Waals surface area contributed by atoms with Gasteiger partial charge in [0.15, 0.2) is 10.9 Å². The number of rotatable bonds is 5. The molecule has 1 aromatic carbocycles. The minimum atomic E-state index is -4.72. The Labute approximate surface area is 159 Å². The van der Waals surface area contributed by atoms with E-state index in [1.165, 1.54) is 18.4 Å². The van der Waals surface area contributed by atoms with Crippen LogP contribution in [0.3, 0.4) is 0 Å². The molecule has 2 heterocycles. The third-order valence-electron chi connectivity index (χ3n) is 3.31. The maximum Gasteiger partial charge on any atom is 0.433 e. The number of hydrogen-bond acceptors (Lipinski definition) is 5. The molecule has 0 unspecified atom stereocenters. The number of nitrogens with one attached hydrogen (secondary N) is 1. The monoisotopic (exact) mass is 415 g/mol. The fraction of sp³-hybridized carbons (Fsp3) is 0.118.